The molecule has 1 atom stereocenters. The van der Waals surface area contributed by atoms with Gasteiger partial charge in [0, 0.05) is 18.4 Å². The number of carboxylic acid groups (broad SMARTS) is 1. The molecule has 0 amide bonds. The van der Waals surface area contributed by atoms with Crippen molar-refractivity contribution in [3.63, 3.8) is 0 Å². The first kappa shape index (κ1) is 15.7. The van der Waals surface area contributed by atoms with Crippen LogP contribution in [0.2, 0.25) is 0 Å². The van der Waals surface area contributed by atoms with E-state index in [0.29, 0.717) is 11.3 Å². The molecule has 0 bridgehead atoms. The zero-order chi connectivity index (χ0) is 14.3. The number of carboxylic acids is 1. The molecule has 0 aliphatic heterocycles. The molecule has 0 saturated heterocycles. The fourth-order valence-corrected chi connectivity index (χ4v) is 2.54. The highest BCUT2D eigenvalue weighted by molar-refractivity contribution is 7.98. The van der Waals surface area contributed by atoms with Gasteiger partial charge in [-0.3, -0.25) is 0 Å². The zero-order valence-corrected chi connectivity index (χ0v) is 11.5. The molecule has 0 saturated carbocycles. The molecule has 0 fully saturated rings. The van der Waals surface area contributed by atoms with Crippen molar-refractivity contribution in [3.8, 4) is 0 Å². The van der Waals surface area contributed by atoms with E-state index in [4.69, 9.17) is 10.2 Å². The molecule has 104 valence electrons. The molecule has 1 aromatic rings. The maximum atomic E-state index is 13.2. The average molecular weight is 284 g/mol. The molecule has 2 N–H and O–H groups in total. The van der Waals surface area contributed by atoms with Gasteiger partial charge in [0.15, 0.2) is 0 Å². The van der Waals surface area contributed by atoms with Crippen molar-refractivity contribution in [1.29, 1.82) is 0 Å². The lowest BCUT2D eigenvalue weighted by molar-refractivity contribution is -0.131. The highest BCUT2D eigenvalue weighted by Crippen LogP contribution is 2.21. The lowest BCUT2D eigenvalue weighted by Crippen LogP contribution is -2.03. The lowest BCUT2D eigenvalue weighted by atomic mass is 10.1. The Morgan fingerprint density at radius 1 is 1.53 bits per heavy atom. The second-order valence-corrected chi connectivity index (χ2v) is 5.35. The zero-order valence-electron chi connectivity index (χ0n) is 10.7. The fourth-order valence-electron chi connectivity index (χ4n) is 1.44. The Balaban J connectivity index is 2.73. The Labute approximate surface area is 116 Å². The van der Waals surface area contributed by atoms with Gasteiger partial charge in [-0.25, -0.2) is 9.18 Å². The van der Waals surface area contributed by atoms with Crippen LogP contribution in [0.25, 0.3) is 6.08 Å². The minimum atomic E-state index is -1.06. The smallest absolute Gasteiger partial charge is 0.328 e. The SMILES string of the molecule is CC(CO)CSCc1ccc(F)cc1C=CC(=O)O. The first-order valence-electron chi connectivity index (χ1n) is 5.91. The number of aliphatic carboxylic acids is 1. The van der Waals surface area contributed by atoms with Gasteiger partial charge < -0.3 is 10.2 Å². The molecule has 0 aromatic heterocycles. The molecule has 3 nitrogen and oxygen atoms in total. The molecule has 0 spiro atoms. The molecule has 0 aliphatic carbocycles. The van der Waals surface area contributed by atoms with Gasteiger partial charge in [0.1, 0.15) is 5.82 Å². The largest absolute Gasteiger partial charge is 0.478 e. The molecule has 1 rings (SSSR count). The number of thioether (sulfide) groups is 1. The van der Waals surface area contributed by atoms with Gasteiger partial charge in [0.05, 0.1) is 0 Å². The van der Waals surface area contributed by atoms with Crippen LogP contribution in [0, 0.1) is 11.7 Å². The summed E-state index contributed by atoms with van der Waals surface area (Å²) in [5, 5.41) is 17.5. The molecular formula is C14H17FO3S. The highest BCUT2D eigenvalue weighted by Gasteiger charge is 2.05. The van der Waals surface area contributed by atoms with Crippen LogP contribution in [0.3, 0.4) is 0 Å². The maximum absolute atomic E-state index is 13.2. The third-order valence-corrected chi connectivity index (χ3v) is 3.80. The normalized spacial score (nSPS) is 12.8. The van der Waals surface area contributed by atoms with Crippen LogP contribution in [0.4, 0.5) is 4.39 Å². The van der Waals surface area contributed by atoms with E-state index in [1.807, 2.05) is 6.92 Å². The van der Waals surface area contributed by atoms with E-state index in [1.54, 1.807) is 17.8 Å². The third-order valence-electron chi connectivity index (χ3n) is 2.48. The Bertz CT molecular complexity index is 460. The summed E-state index contributed by atoms with van der Waals surface area (Å²) in [6.07, 6.45) is 2.40. The predicted octanol–water partition coefficient (Wildman–Crippen LogP) is 2.79. The predicted molar refractivity (Wildman–Crippen MR) is 75.5 cm³/mol. The molecule has 0 heterocycles. The standard InChI is InChI=1S/C14H17FO3S/c1-10(7-16)8-19-9-12-2-4-13(15)6-11(12)3-5-14(17)18/h2-6,10,16H,7-9H2,1H3,(H,17,18). The summed E-state index contributed by atoms with van der Waals surface area (Å²) in [6.45, 7) is 2.09. The molecule has 1 unspecified atom stereocenters. The summed E-state index contributed by atoms with van der Waals surface area (Å²) < 4.78 is 13.2. The second-order valence-electron chi connectivity index (χ2n) is 4.32. The van der Waals surface area contributed by atoms with Crippen molar-refractivity contribution in [2.24, 2.45) is 5.92 Å². The summed E-state index contributed by atoms with van der Waals surface area (Å²) in [5.74, 6) is 0.225. The minimum absolute atomic E-state index is 0.141. The molecule has 19 heavy (non-hydrogen) atoms. The molecule has 5 heteroatoms. The average Bonchev–Trinajstić information content (AvgIpc) is 2.38. The van der Waals surface area contributed by atoms with Crippen LogP contribution in [-0.4, -0.2) is 28.5 Å². The van der Waals surface area contributed by atoms with Gasteiger partial charge in [-0.05, 0) is 41.0 Å². The van der Waals surface area contributed by atoms with E-state index >= 15 is 0 Å². The summed E-state index contributed by atoms with van der Waals surface area (Å²) in [7, 11) is 0. The number of rotatable bonds is 7. The number of hydrogen-bond acceptors (Lipinski definition) is 3. The van der Waals surface area contributed by atoms with Crippen molar-refractivity contribution in [2.75, 3.05) is 12.4 Å². The summed E-state index contributed by atoms with van der Waals surface area (Å²) in [5.41, 5.74) is 1.46. The van der Waals surface area contributed by atoms with Gasteiger partial charge in [0.25, 0.3) is 0 Å². The minimum Gasteiger partial charge on any atom is -0.478 e. The number of aliphatic hydroxyl groups excluding tert-OH is 1. The van der Waals surface area contributed by atoms with E-state index in [9.17, 15) is 9.18 Å². The van der Waals surface area contributed by atoms with E-state index in [-0.39, 0.29) is 18.3 Å². The van der Waals surface area contributed by atoms with Gasteiger partial charge >= 0.3 is 5.97 Å². The van der Waals surface area contributed by atoms with Gasteiger partial charge in [-0.15, -0.1) is 0 Å². The fraction of sp³-hybridized carbons (Fsp3) is 0.357. The van der Waals surface area contributed by atoms with E-state index < -0.39 is 5.97 Å². The number of carbonyl (C=O) groups is 1. The van der Waals surface area contributed by atoms with Gasteiger partial charge in [0.2, 0.25) is 0 Å². The Kier molecular flexibility index (Phi) is 6.59. The summed E-state index contributed by atoms with van der Waals surface area (Å²) in [6, 6.07) is 4.35. The maximum Gasteiger partial charge on any atom is 0.328 e. The summed E-state index contributed by atoms with van der Waals surface area (Å²) >= 11 is 1.63. The van der Waals surface area contributed by atoms with Crippen LogP contribution in [0.15, 0.2) is 24.3 Å². The molecular weight excluding hydrogens is 267 g/mol. The first-order valence-corrected chi connectivity index (χ1v) is 7.06. The van der Waals surface area contributed by atoms with Gasteiger partial charge in [-0.2, -0.15) is 11.8 Å². The highest BCUT2D eigenvalue weighted by atomic mass is 32.2. The van der Waals surface area contributed by atoms with Crippen molar-refractivity contribution in [2.45, 2.75) is 12.7 Å². The molecule has 1 aromatic carbocycles. The quantitative estimate of drug-likeness (QED) is 0.756. The second kappa shape index (κ2) is 7.96. The molecule has 0 radical (unpaired) electrons. The van der Waals surface area contributed by atoms with Crippen LogP contribution in [0.5, 0.6) is 0 Å². The topological polar surface area (TPSA) is 57.5 Å². The van der Waals surface area contributed by atoms with Crippen molar-refractivity contribution < 1.29 is 19.4 Å². The monoisotopic (exact) mass is 284 g/mol. The van der Waals surface area contributed by atoms with Gasteiger partial charge in [-0.1, -0.05) is 13.0 Å². The number of hydrogen-bond donors (Lipinski definition) is 2. The van der Waals surface area contributed by atoms with Crippen LogP contribution in [-0.2, 0) is 10.5 Å². The van der Waals surface area contributed by atoms with E-state index in [1.165, 1.54) is 18.2 Å². The number of benzene rings is 1. The van der Waals surface area contributed by atoms with Crippen LogP contribution >= 0.6 is 11.8 Å². The Morgan fingerprint density at radius 2 is 2.26 bits per heavy atom. The lowest BCUT2D eigenvalue weighted by Gasteiger charge is -2.09. The van der Waals surface area contributed by atoms with Crippen LogP contribution < -0.4 is 0 Å². The number of aliphatic hydroxyl groups is 1. The van der Waals surface area contributed by atoms with Crippen molar-refractivity contribution in [3.05, 3.63) is 41.2 Å². The van der Waals surface area contributed by atoms with Crippen LogP contribution in [0.1, 0.15) is 18.1 Å². The number of halogens is 1. The third kappa shape index (κ3) is 5.89. The van der Waals surface area contributed by atoms with E-state index in [2.05, 4.69) is 0 Å². The Morgan fingerprint density at radius 3 is 2.89 bits per heavy atom. The first-order chi connectivity index (χ1) is 9.02. The van der Waals surface area contributed by atoms with Crippen molar-refractivity contribution >= 4 is 23.8 Å². The van der Waals surface area contributed by atoms with E-state index in [0.717, 1.165) is 17.4 Å². The molecule has 0 aliphatic rings. The Hall–Kier alpha value is -1.33. The summed E-state index contributed by atoms with van der Waals surface area (Å²) in [4.78, 5) is 10.5. The van der Waals surface area contributed by atoms with Crippen molar-refractivity contribution in [1.82, 2.24) is 0 Å².